The van der Waals surface area contributed by atoms with E-state index in [-0.39, 0.29) is 15.9 Å². The molecule has 0 atom stereocenters. The van der Waals surface area contributed by atoms with Gasteiger partial charge in [0.05, 0.1) is 0 Å². The average molecular weight is 205 g/mol. The normalized spacial score (nSPS) is 9.50. The van der Waals surface area contributed by atoms with Crippen LogP contribution in [0.1, 0.15) is 17.4 Å². The van der Waals surface area contributed by atoms with Gasteiger partial charge in [-0.1, -0.05) is 22.9 Å². The van der Waals surface area contributed by atoms with Gasteiger partial charge in [0.15, 0.2) is 11.4 Å². The van der Waals surface area contributed by atoms with E-state index in [9.17, 15) is 9.59 Å². The Morgan fingerprint density at radius 2 is 2.42 bits per heavy atom. The highest BCUT2D eigenvalue weighted by atomic mass is 35.5. The van der Waals surface area contributed by atoms with Gasteiger partial charge in [-0.3, -0.25) is 9.59 Å². The number of rotatable bonds is 2. The minimum Gasteiger partial charge on any atom is -0.302 e. The summed E-state index contributed by atoms with van der Waals surface area (Å²) in [4.78, 5) is 24.6. The first kappa shape index (κ1) is 9.15. The predicted octanol–water partition coefficient (Wildman–Crippen LogP) is 1.57. The number of carbonyl (C=O) groups excluding carboxylic acids is 2. The van der Waals surface area contributed by atoms with Crippen molar-refractivity contribution < 1.29 is 9.59 Å². The first-order chi connectivity index (χ1) is 5.63. The summed E-state index contributed by atoms with van der Waals surface area (Å²) < 4.78 is 0.286. The van der Waals surface area contributed by atoms with Gasteiger partial charge in [-0.25, -0.2) is 4.98 Å². The Morgan fingerprint density at radius 1 is 1.75 bits per heavy atom. The second-order valence-electron chi connectivity index (χ2n) is 1.98. The molecule has 0 aromatic carbocycles. The Labute approximate surface area is 77.6 Å². The molecule has 0 aliphatic rings. The maximum Gasteiger partial charge on any atom is 0.223 e. The molecule has 1 aromatic heterocycles. The summed E-state index contributed by atoms with van der Waals surface area (Å²) in [5.74, 6) is -0.238. The van der Waals surface area contributed by atoms with Crippen molar-refractivity contribution in [1.29, 1.82) is 0 Å². The third kappa shape index (κ3) is 2.02. The summed E-state index contributed by atoms with van der Waals surface area (Å²) >= 11 is 6.66. The number of aromatic nitrogens is 1. The van der Waals surface area contributed by atoms with Crippen LogP contribution in [0.5, 0.6) is 0 Å². The second-order valence-corrected chi connectivity index (χ2v) is 3.58. The van der Waals surface area contributed by atoms with E-state index in [1.165, 1.54) is 6.92 Å². The maximum absolute atomic E-state index is 10.5. The molecule has 0 bridgehead atoms. The Balaban J connectivity index is 2.89. The van der Waals surface area contributed by atoms with Crippen LogP contribution in [-0.4, -0.2) is 17.2 Å². The van der Waals surface area contributed by atoms with Gasteiger partial charge in [0.2, 0.25) is 5.91 Å². The SMILES string of the molecule is CC(=O)Nc1nc(C=O)c(Cl)s1. The minimum absolute atomic E-state index is 0.158. The molecular formula is C6H5ClN2O2S. The molecule has 0 spiro atoms. The molecule has 1 rings (SSSR count). The Morgan fingerprint density at radius 3 is 2.83 bits per heavy atom. The summed E-state index contributed by atoms with van der Waals surface area (Å²) in [6.07, 6.45) is 0.546. The fourth-order valence-electron chi connectivity index (χ4n) is 0.590. The zero-order valence-corrected chi connectivity index (χ0v) is 7.70. The number of amides is 1. The van der Waals surface area contributed by atoms with Crippen LogP contribution < -0.4 is 5.32 Å². The molecule has 0 radical (unpaired) electrons. The molecule has 1 amide bonds. The number of aldehydes is 1. The van der Waals surface area contributed by atoms with Crippen LogP contribution in [0.15, 0.2) is 0 Å². The first-order valence-electron chi connectivity index (χ1n) is 3.02. The van der Waals surface area contributed by atoms with Crippen LogP contribution in [-0.2, 0) is 4.79 Å². The molecule has 1 N–H and O–H groups in total. The topological polar surface area (TPSA) is 59.1 Å². The van der Waals surface area contributed by atoms with Crippen molar-refractivity contribution in [3.63, 3.8) is 0 Å². The van der Waals surface area contributed by atoms with Crippen molar-refractivity contribution in [3.05, 3.63) is 10.0 Å². The quantitative estimate of drug-likeness (QED) is 0.744. The number of nitrogens with one attached hydrogen (secondary N) is 1. The lowest BCUT2D eigenvalue weighted by Crippen LogP contribution is -2.05. The number of carbonyl (C=O) groups is 2. The Hall–Kier alpha value is -0.940. The van der Waals surface area contributed by atoms with Crippen LogP contribution in [0.4, 0.5) is 5.13 Å². The van der Waals surface area contributed by atoms with Gasteiger partial charge in [0.1, 0.15) is 10.0 Å². The second kappa shape index (κ2) is 3.64. The van der Waals surface area contributed by atoms with Gasteiger partial charge in [-0.15, -0.1) is 0 Å². The summed E-state index contributed by atoms with van der Waals surface area (Å²) in [6, 6.07) is 0. The lowest BCUT2D eigenvalue weighted by molar-refractivity contribution is -0.114. The molecule has 0 fully saturated rings. The summed E-state index contributed by atoms with van der Waals surface area (Å²) in [5.41, 5.74) is 0.158. The standard InChI is InChI=1S/C6H5ClN2O2S/c1-3(11)8-6-9-4(2-10)5(7)12-6/h2H,1H3,(H,8,9,11). The smallest absolute Gasteiger partial charge is 0.223 e. The van der Waals surface area contributed by atoms with Gasteiger partial charge in [0, 0.05) is 6.92 Å². The highest BCUT2D eigenvalue weighted by Crippen LogP contribution is 2.26. The molecule has 64 valence electrons. The zero-order chi connectivity index (χ0) is 9.14. The van der Waals surface area contributed by atoms with E-state index in [0.717, 1.165) is 11.3 Å². The van der Waals surface area contributed by atoms with Crippen molar-refractivity contribution in [2.24, 2.45) is 0 Å². The van der Waals surface area contributed by atoms with E-state index in [4.69, 9.17) is 11.6 Å². The maximum atomic E-state index is 10.5. The molecule has 12 heavy (non-hydrogen) atoms. The largest absolute Gasteiger partial charge is 0.302 e. The molecule has 0 aliphatic carbocycles. The van der Waals surface area contributed by atoms with Crippen LogP contribution in [0.2, 0.25) is 4.34 Å². The molecule has 4 nitrogen and oxygen atoms in total. The molecule has 6 heteroatoms. The highest BCUT2D eigenvalue weighted by molar-refractivity contribution is 7.19. The molecular weight excluding hydrogens is 200 g/mol. The van der Waals surface area contributed by atoms with Crippen molar-refractivity contribution >= 4 is 40.3 Å². The van der Waals surface area contributed by atoms with E-state index in [2.05, 4.69) is 10.3 Å². The number of nitrogens with zero attached hydrogens (tertiary/aromatic N) is 1. The monoisotopic (exact) mass is 204 g/mol. The van der Waals surface area contributed by atoms with E-state index < -0.39 is 0 Å². The summed E-state index contributed by atoms with van der Waals surface area (Å²) in [6.45, 7) is 1.36. The summed E-state index contributed by atoms with van der Waals surface area (Å²) in [5, 5.41) is 2.77. The third-order valence-corrected chi connectivity index (χ3v) is 2.20. The van der Waals surface area contributed by atoms with Gasteiger partial charge in [-0.2, -0.15) is 0 Å². The Bertz CT molecular complexity index is 323. The number of anilines is 1. The highest BCUT2D eigenvalue weighted by Gasteiger charge is 2.08. The first-order valence-corrected chi connectivity index (χ1v) is 4.22. The number of halogens is 1. The van der Waals surface area contributed by atoms with Gasteiger partial charge >= 0.3 is 0 Å². The van der Waals surface area contributed by atoms with Crippen molar-refractivity contribution in [2.75, 3.05) is 5.32 Å². The van der Waals surface area contributed by atoms with Gasteiger partial charge in [-0.05, 0) is 0 Å². The van der Waals surface area contributed by atoms with E-state index in [1.54, 1.807) is 0 Å². The molecule has 0 aliphatic heterocycles. The van der Waals surface area contributed by atoms with Crippen LogP contribution in [0.3, 0.4) is 0 Å². The molecule has 0 saturated heterocycles. The average Bonchev–Trinajstić information content (AvgIpc) is 2.29. The van der Waals surface area contributed by atoms with Crippen molar-refractivity contribution in [2.45, 2.75) is 6.92 Å². The molecule has 1 aromatic rings. The summed E-state index contributed by atoms with van der Waals surface area (Å²) in [7, 11) is 0. The van der Waals surface area contributed by atoms with Crippen LogP contribution in [0, 0.1) is 0 Å². The third-order valence-electron chi connectivity index (χ3n) is 1.00. The Kier molecular flexibility index (Phi) is 2.78. The van der Waals surface area contributed by atoms with Gasteiger partial charge < -0.3 is 5.32 Å². The zero-order valence-electron chi connectivity index (χ0n) is 6.13. The van der Waals surface area contributed by atoms with Crippen LogP contribution >= 0.6 is 22.9 Å². The van der Waals surface area contributed by atoms with E-state index in [0.29, 0.717) is 11.4 Å². The number of hydrogen-bond acceptors (Lipinski definition) is 4. The van der Waals surface area contributed by atoms with Crippen molar-refractivity contribution in [3.8, 4) is 0 Å². The van der Waals surface area contributed by atoms with Crippen molar-refractivity contribution in [1.82, 2.24) is 4.98 Å². The van der Waals surface area contributed by atoms with Crippen LogP contribution in [0.25, 0.3) is 0 Å². The van der Waals surface area contributed by atoms with E-state index in [1.807, 2.05) is 0 Å². The molecule has 1 heterocycles. The lowest BCUT2D eigenvalue weighted by atomic mass is 10.6. The molecule has 0 unspecified atom stereocenters. The fourth-order valence-corrected chi connectivity index (χ4v) is 1.60. The number of thiazole rings is 1. The minimum atomic E-state index is -0.238. The lowest BCUT2D eigenvalue weighted by Gasteiger charge is -1.91. The molecule has 0 saturated carbocycles. The van der Waals surface area contributed by atoms with Gasteiger partial charge in [0.25, 0.3) is 0 Å². The predicted molar refractivity (Wildman–Crippen MR) is 46.8 cm³/mol. The fraction of sp³-hybridized carbons (Fsp3) is 0.167. The van der Waals surface area contributed by atoms with E-state index >= 15 is 0 Å². The number of hydrogen-bond donors (Lipinski definition) is 1.